The summed E-state index contributed by atoms with van der Waals surface area (Å²) in [6, 6.07) is 3.32. The number of rotatable bonds is 26. The van der Waals surface area contributed by atoms with Crippen LogP contribution in [-0.2, 0) is 39.9 Å². The summed E-state index contributed by atoms with van der Waals surface area (Å²) in [5.74, 6) is -3.70. The van der Waals surface area contributed by atoms with Gasteiger partial charge in [0.1, 0.15) is 16.5 Å². The Morgan fingerprint density at radius 2 is 1.59 bits per heavy atom. The van der Waals surface area contributed by atoms with Crippen LogP contribution < -0.4 is 16.0 Å². The quantitative estimate of drug-likeness (QED) is 0.0566. The molecule has 2 aromatic rings. The van der Waals surface area contributed by atoms with Crippen molar-refractivity contribution in [2.24, 2.45) is 23.7 Å². The number of Topliss-reactive ketones (excluding diaryl/α,β-unsaturated/α-hetero) is 2. The molecule has 0 fully saturated rings. The third-order valence-electron chi connectivity index (χ3n) is 12.2. The van der Waals surface area contributed by atoms with E-state index in [1.807, 2.05) is 67.5 Å². The van der Waals surface area contributed by atoms with Gasteiger partial charge in [-0.15, -0.1) is 11.3 Å². The standard InChI is InChI=1S/C47H74N6O9S/c1-15-18-33(22-32-19-20-38(55)35(23-32)50-43(59)29(7)21-39(56)30(8)48-42(58)17-3)49-44(60)36-26-63-45(51-36)40(62-31(9)54)25-37(27(4)5)53(14)46(61)34(28(6)16-2)24-41(57)47(10,11)52(12)13/h19-20,23,26-30,33-34,37,40,55H,15-18,21-22,24-25H2,1-14H3,(H,48,58)(H,49,60)(H,50,59)/t28-,29+,30-,33+,34-,37+,40+/m0/s1. The summed E-state index contributed by atoms with van der Waals surface area (Å²) in [7, 11) is 5.43. The maximum absolute atomic E-state index is 14.3. The van der Waals surface area contributed by atoms with Crippen LogP contribution in [0, 0.1) is 23.7 Å². The van der Waals surface area contributed by atoms with E-state index in [-0.39, 0.29) is 84.1 Å². The van der Waals surface area contributed by atoms with Gasteiger partial charge in [0.2, 0.25) is 17.7 Å². The van der Waals surface area contributed by atoms with Crippen LogP contribution in [0.3, 0.4) is 0 Å². The van der Waals surface area contributed by atoms with Gasteiger partial charge in [0.05, 0.1) is 17.3 Å². The van der Waals surface area contributed by atoms with Gasteiger partial charge in [0.25, 0.3) is 5.91 Å². The van der Waals surface area contributed by atoms with Crippen molar-refractivity contribution in [2.75, 3.05) is 26.5 Å². The Bertz CT molecular complexity index is 1900. The average molecular weight is 899 g/mol. The van der Waals surface area contributed by atoms with Gasteiger partial charge in [-0.3, -0.25) is 38.5 Å². The van der Waals surface area contributed by atoms with Crippen molar-refractivity contribution in [3.05, 3.63) is 39.8 Å². The lowest BCUT2D eigenvalue weighted by molar-refractivity contribution is -0.149. The first kappa shape index (κ1) is 54.4. The number of esters is 1. The lowest BCUT2D eigenvalue weighted by atomic mass is 9.81. The molecule has 0 spiro atoms. The summed E-state index contributed by atoms with van der Waals surface area (Å²) in [4.78, 5) is 99.5. The maximum atomic E-state index is 14.3. The van der Waals surface area contributed by atoms with Crippen LogP contribution in [0.25, 0.3) is 0 Å². The number of phenols is 1. The molecule has 15 nitrogen and oxygen atoms in total. The number of benzene rings is 1. The number of phenolic OH excluding ortho intramolecular Hbond substituents is 1. The number of ether oxygens (including phenoxy) is 1. The molecule has 0 unspecified atom stereocenters. The predicted molar refractivity (Wildman–Crippen MR) is 246 cm³/mol. The zero-order chi connectivity index (χ0) is 47.9. The van der Waals surface area contributed by atoms with Gasteiger partial charge >= 0.3 is 5.97 Å². The van der Waals surface area contributed by atoms with Crippen LogP contribution in [-0.4, -0.2) is 106 Å². The van der Waals surface area contributed by atoms with Gasteiger partial charge < -0.3 is 30.7 Å². The number of likely N-dealkylation sites (N-methyl/N-ethyl adjacent to an activating group) is 1. The van der Waals surface area contributed by atoms with Gasteiger partial charge in [-0.1, -0.05) is 67.4 Å². The molecule has 1 heterocycles. The Balaban J connectivity index is 2.27. The van der Waals surface area contributed by atoms with Crippen molar-refractivity contribution in [3.8, 4) is 5.75 Å². The first-order valence-corrected chi connectivity index (χ1v) is 23.1. The minimum absolute atomic E-state index is 0.0206. The first-order valence-electron chi connectivity index (χ1n) is 22.2. The minimum Gasteiger partial charge on any atom is -0.506 e. The second kappa shape index (κ2) is 25.0. The molecule has 0 bridgehead atoms. The minimum atomic E-state index is -0.851. The maximum Gasteiger partial charge on any atom is 0.303 e. The molecule has 7 atom stereocenters. The Morgan fingerprint density at radius 3 is 2.14 bits per heavy atom. The van der Waals surface area contributed by atoms with Crippen molar-refractivity contribution in [1.29, 1.82) is 0 Å². The molecule has 0 saturated heterocycles. The molecule has 16 heteroatoms. The van der Waals surface area contributed by atoms with E-state index < -0.39 is 53.3 Å². The van der Waals surface area contributed by atoms with Crippen molar-refractivity contribution >= 4 is 58.2 Å². The second-order valence-electron chi connectivity index (χ2n) is 18.0. The lowest BCUT2D eigenvalue weighted by Crippen LogP contribution is -2.50. The van der Waals surface area contributed by atoms with E-state index in [9.17, 15) is 38.7 Å². The van der Waals surface area contributed by atoms with E-state index in [4.69, 9.17) is 4.74 Å². The topological polar surface area (TPSA) is 204 Å². The fourth-order valence-electron chi connectivity index (χ4n) is 7.16. The highest BCUT2D eigenvalue weighted by molar-refractivity contribution is 7.09. The number of aromatic hydroxyl groups is 1. The summed E-state index contributed by atoms with van der Waals surface area (Å²) in [5.41, 5.74) is 0.288. The summed E-state index contributed by atoms with van der Waals surface area (Å²) >= 11 is 1.19. The molecule has 4 amide bonds. The number of nitrogens with zero attached hydrogens (tertiary/aromatic N) is 3. The molecule has 63 heavy (non-hydrogen) atoms. The zero-order valence-corrected chi connectivity index (χ0v) is 40.9. The number of carbonyl (C=O) groups excluding carboxylic acids is 7. The summed E-state index contributed by atoms with van der Waals surface area (Å²) in [6.07, 6.45) is 2.04. The molecule has 1 aromatic heterocycles. The zero-order valence-electron chi connectivity index (χ0n) is 40.0. The number of aromatic nitrogens is 1. The highest BCUT2D eigenvalue weighted by Gasteiger charge is 2.39. The van der Waals surface area contributed by atoms with Crippen molar-refractivity contribution in [1.82, 2.24) is 25.4 Å². The number of carbonyl (C=O) groups is 7. The third kappa shape index (κ3) is 16.1. The second-order valence-corrected chi connectivity index (χ2v) is 18.8. The van der Waals surface area contributed by atoms with Crippen molar-refractivity contribution in [2.45, 2.75) is 157 Å². The van der Waals surface area contributed by atoms with Crippen LogP contribution in [0.1, 0.15) is 148 Å². The van der Waals surface area contributed by atoms with Gasteiger partial charge in [0.15, 0.2) is 17.7 Å². The van der Waals surface area contributed by atoms with Gasteiger partial charge in [0, 0.05) is 69.0 Å². The number of hydrogen-bond donors (Lipinski definition) is 4. The van der Waals surface area contributed by atoms with E-state index >= 15 is 0 Å². The summed E-state index contributed by atoms with van der Waals surface area (Å²) in [6.45, 7) is 19.8. The molecule has 0 aliphatic heterocycles. The highest BCUT2D eigenvalue weighted by atomic mass is 32.1. The summed E-state index contributed by atoms with van der Waals surface area (Å²) in [5, 5.41) is 21.0. The van der Waals surface area contributed by atoms with Crippen LogP contribution in [0.15, 0.2) is 23.6 Å². The molecule has 2 rings (SSSR count). The Hall–Kier alpha value is -4.70. The van der Waals surface area contributed by atoms with E-state index in [2.05, 4.69) is 20.9 Å². The van der Waals surface area contributed by atoms with E-state index in [1.165, 1.54) is 24.3 Å². The van der Waals surface area contributed by atoms with Gasteiger partial charge in [-0.2, -0.15) is 0 Å². The molecular weight excluding hydrogens is 825 g/mol. The molecule has 0 aliphatic carbocycles. The van der Waals surface area contributed by atoms with Crippen LogP contribution in [0.4, 0.5) is 5.69 Å². The number of nitrogens with one attached hydrogen (secondary N) is 3. The summed E-state index contributed by atoms with van der Waals surface area (Å²) < 4.78 is 5.81. The Labute approximate surface area is 378 Å². The van der Waals surface area contributed by atoms with Crippen LogP contribution in [0.2, 0.25) is 0 Å². The van der Waals surface area contributed by atoms with Crippen molar-refractivity contribution in [3.63, 3.8) is 0 Å². The third-order valence-corrected chi connectivity index (χ3v) is 13.1. The van der Waals surface area contributed by atoms with Gasteiger partial charge in [-0.05, 0) is 77.2 Å². The number of ketones is 2. The number of hydrogen-bond acceptors (Lipinski definition) is 12. The molecule has 1 aromatic carbocycles. The number of amides is 4. The Kier molecular flexibility index (Phi) is 21.6. The number of thiazole rings is 1. The molecule has 0 saturated carbocycles. The average Bonchev–Trinajstić information content (AvgIpc) is 3.72. The highest BCUT2D eigenvalue weighted by Crippen LogP contribution is 2.33. The molecular formula is C47H74N6O9S. The lowest BCUT2D eigenvalue weighted by Gasteiger charge is -2.38. The fourth-order valence-corrected chi connectivity index (χ4v) is 7.99. The van der Waals surface area contributed by atoms with Gasteiger partial charge in [-0.25, -0.2) is 4.98 Å². The van der Waals surface area contributed by atoms with E-state index in [0.29, 0.717) is 24.3 Å². The first-order chi connectivity index (χ1) is 29.4. The molecule has 0 radical (unpaired) electrons. The van der Waals surface area contributed by atoms with Crippen molar-refractivity contribution < 1.29 is 43.4 Å². The normalized spacial score (nSPS) is 15.0. The fraction of sp³-hybridized carbons (Fsp3) is 0.660. The smallest absolute Gasteiger partial charge is 0.303 e. The monoisotopic (exact) mass is 899 g/mol. The van der Waals surface area contributed by atoms with Crippen LogP contribution in [0.5, 0.6) is 5.75 Å². The van der Waals surface area contributed by atoms with E-state index in [1.54, 1.807) is 50.2 Å². The Morgan fingerprint density at radius 1 is 0.937 bits per heavy atom. The SMILES string of the molecule is CCC[C@H](Cc1ccc(O)c(NC(=O)[C@H](C)CC(=O)[C@H](C)NC(=O)CC)c1)NC(=O)c1csc([C@@H](C[C@H](C(C)C)N(C)C(=O)[C@@H](CC(=O)C(C)(C)N(C)C)[C@@H](C)CC)OC(C)=O)n1. The molecule has 352 valence electrons. The number of anilines is 1. The molecule has 4 N–H and O–H groups in total. The van der Waals surface area contributed by atoms with E-state index in [0.717, 1.165) is 12.0 Å². The predicted octanol–water partition coefficient (Wildman–Crippen LogP) is 6.88. The van der Waals surface area contributed by atoms with Crippen LogP contribution >= 0.6 is 11.3 Å². The molecule has 0 aliphatic rings. The largest absolute Gasteiger partial charge is 0.506 e.